The van der Waals surface area contributed by atoms with Crippen molar-refractivity contribution in [1.82, 2.24) is 14.8 Å². The first-order valence-electron chi connectivity index (χ1n) is 9.06. The summed E-state index contributed by atoms with van der Waals surface area (Å²) in [7, 11) is 0. The van der Waals surface area contributed by atoms with Crippen LogP contribution in [0.5, 0.6) is 0 Å². The van der Waals surface area contributed by atoms with Gasteiger partial charge in [0.1, 0.15) is 0 Å². The molecule has 0 aliphatic heterocycles. The molecule has 0 radical (unpaired) electrons. The molecule has 3 nitrogen and oxygen atoms in total. The number of benzene rings is 3. The fourth-order valence-electron chi connectivity index (χ4n) is 2.97. The molecule has 1 aromatic heterocycles. The molecule has 0 unspecified atom stereocenters. The normalized spacial score (nSPS) is 10.9. The third-order valence-corrected chi connectivity index (χ3v) is 5.35. The number of hydrogen-bond acceptors (Lipinski definition) is 3. The first-order chi connectivity index (χ1) is 13.3. The first-order valence-corrected chi connectivity index (χ1v) is 10.0. The number of nitrogens with zero attached hydrogens (tertiary/aromatic N) is 3. The molecule has 0 atom stereocenters. The van der Waals surface area contributed by atoms with Crippen LogP contribution in [0.3, 0.4) is 0 Å². The summed E-state index contributed by atoms with van der Waals surface area (Å²) in [6.07, 6.45) is 1.01. The lowest BCUT2D eigenvalue weighted by atomic mass is 10.2. The van der Waals surface area contributed by atoms with E-state index in [4.69, 9.17) is 0 Å². The Hall–Kier alpha value is -2.85. The molecule has 0 spiro atoms. The van der Waals surface area contributed by atoms with Crippen LogP contribution in [0.1, 0.15) is 11.1 Å². The number of rotatable bonds is 6. The van der Waals surface area contributed by atoms with E-state index in [0.29, 0.717) is 0 Å². The Labute approximate surface area is 164 Å². The van der Waals surface area contributed by atoms with Crippen LogP contribution in [-0.4, -0.2) is 20.5 Å². The largest absolute Gasteiger partial charge is 0.270 e. The van der Waals surface area contributed by atoms with Gasteiger partial charge in [-0.3, -0.25) is 4.57 Å². The lowest BCUT2D eigenvalue weighted by Gasteiger charge is -2.11. The maximum absolute atomic E-state index is 4.50. The highest BCUT2D eigenvalue weighted by Crippen LogP contribution is 2.28. The molecule has 0 saturated carbocycles. The Balaban J connectivity index is 1.64. The lowest BCUT2D eigenvalue weighted by Crippen LogP contribution is -2.00. The van der Waals surface area contributed by atoms with Gasteiger partial charge in [-0.1, -0.05) is 90.1 Å². The average molecular weight is 372 g/mol. The molecule has 0 aliphatic rings. The lowest BCUT2D eigenvalue weighted by molar-refractivity contribution is 0.884. The fraction of sp³-hybridized carbons (Fsp3) is 0.130. The molecule has 134 valence electrons. The second-order valence-corrected chi connectivity index (χ2v) is 7.49. The molecule has 0 fully saturated rings. The zero-order chi connectivity index (χ0) is 18.5. The van der Waals surface area contributed by atoms with Crippen molar-refractivity contribution >= 4 is 11.8 Å². The Morgan fingerprint density at radius 3 is 2.15 bits per heavy atom. The van der Waals surface area contributed by atoms with E-state index >= 15 is 0 Å². The van der Waals surface area contributed by atoms with Gasteiger partial charge in [0.2, 0.25) is 0 Å². The molecule has 4 rings (SSSR count). The number of hydrogen-bond donors (Lipinski definition) is 0. The van der Waals surface area contributed by atoms with Gasteiger partial charge in [0.25, 0.3) is 0 Å². The molecular formula is C23H21N3S. The summed E-state index contributed by atoms with van der Waals surface area (Å²) in [5.74, 6) is 1.84. The van der Waals surface area contributed by atoms with Crippen molar-refractivity contribution in [2.24, 2.45) is 0 Å². The zero-order valence-electron chi connectivity index (χ0n) is 15.2. The van der Waals surface area contributed by atoms with E-state index in [1.54, 1.807) is 11.8 Å². The van der Waals surface area contributed by atoms with Gasteiger partial charge in [0.15, 0.2) is 11.0 Å². The monoisotopic (exact) mass is 371 g/mol. The Kier molecular flexibility index (Phi) is 5.35. The van der Waals surface area contributed by atoms with Crippen LogP contribution in [0.25, 0.3) is 17.1 Å². The number of aryl methyl sites for hydroxylation is 2. The maximum atomic E-state index is 4.50. The fourth-order valence-corrected chi connectivity index (χ4v) is 3.91. The molecule has 3 aromatic carbocycles. The molecule has 0 amide bonds. The second kappa shape index (κ2) is 8.23. The van der Waals surface area contributed by atoms with E-state index in [9.17, 15) is 0 Å². The van der Waals surface area contributed by atoms with E-state index < -0.39 is 0 Å². The average Bonchev–Trinajstić information content (AvgIpc) is 3.14. The molecule has 4 aromatic rings. The predicted molar refractivity (Wildman–Crippen MR) is 112 cm³/mol. The summed E-state index contributed by atoms with van der Waals surface area (Å²) >= 11 is 1.75. The van der Waals surface area contributed by atoms with Gasteiger partial charge in [-0.05, 0) is 31.0 Å². The molecule has 4 heteroatoms. The van der Waals surface area contributed by atoms with Gasteiger partial charge in [-0.2, -0.15) is 0 Å². The van der Waals surface area contributed by atoms with Crippen LogP contribution in [0, 0.1) is 6.92 Å². The van der Waals surface area contributed by atoms with Gasteiger partial charge in [-0.25, -0.2) is 0 Å². The van der Waals surface area contributed by atoms with E-state index in [0.717, 1.165) is 34.4 Å². The Bertz CT molecular complexity index is 993. The minimum absolute atomic E-state index is 0.877. The van der Waals surface area contributed by atoms with Crippen LogP contribution in [0.15, 0.2) is 90.1 Å². The van der Waals surface area contributed by atoms with Crippen LogP contribution in [-0.2, 0) is 6.42 Å². The third-order valence-electron chi connectivity index (χ3n) is 4.42. The maximum Gasteiger partial charge on any atom is 0.196 e. The van der Waals surface area contributed by atoms with Crippen molar-refractivity contribution in [2.75, 3.05) is 5.75 Å². The van der Waals surface area contributed by atoms with Crippen molar-refractivity contribution < 1.29 is 0 Å². The standard InChI is InChI=1S/C23H21N3S/c1-18-12-14-21(15-13-18)26-22(20-10-6-3-7-11-20)24-25-23(26)27-17-16-19-8-4-2-5-9-19/h2-15H,16-17H2,1H3. The minimum atomic E-state index is 0.877. The summed E-state index contributed by atoms with van der Waals surface area (Å²) in [5, 5.41) is 9.93. The van der Waals surface area contributed by atoms with Crippen molar-refractivity contribution in [2.45, 2.75) is 18.5 Å². The summed E-state index contributed by atoms with van der Waals surface area (Å²) in [6.45, 7) is 2.10. The molecular weight excluding hydrogens is 350 g/mol. The SMILES string of the molecule is Cc1ccc(-n2c(SCCc3ccccc3)nnc2-c2ccccc2)cc1. The topological polar surface area (TPSA) is 30.7 Å². The molecule has 27 heavy (non-hydrogen) atoms. The molecule has 0 bridgehead atoms. The molecule has 0 N–H and O–H groups in total. The third kappa shape index (κ3) is 4.12. The van der Waals surface area contributed by atoms with Crippen LogP contribution in [0.2, 0.25) is 0 Å². The first kappa shape index (κ1) is 17.6. The van der Waals surface area contributed by atoms with Crippen LogP contribution < -0.4 is 0 Å². The second-order valence-electron chi connectivity index (χ2n) is 6.43. The van der Waals surface area contributed by atoms with E-state index in [-0.39, 0.29) is 0 Å². The zero-order valence-corrected chi connectivity index (χ0v) is 16.1. The molecule has 1 heterocycles. The van der Waals surface area contributed by atoms with Crippen molar-refractivity contribution in [3.05, 3.63) is 96.1 Å². The quantitative estimate of drug-likeness (QED) is 0.415. The van der Waals surface area contributed by atoms with Gasteiger partial charge in [0.05, 0.1) is 0 Å². The summed E-state index contributed by atoms with van der Waals surface area (Å²) < 4.78 is 2.16. The van der Waals surface area contributed by atoms with Gasteiger partial charge < -0.3 is 0 Å². The minimum Gasteiger partial charge on any atom is -0.270 e. The highest BCUT2D eigenvalue weighted by Gasteiger charge is 2.15. The number of thioether (sulfide) groups is 1. The van der Waals surface area contributed by atoms with Gasteiger partial charge >= 0.3 is 0 Å². The summed E-state index contributed by atoms with van der Waals surface area (Å²) in [4.78, 5) is 0. The molecule has 0 aliphatic carbocycles. The van der Waals surface area contributed by atoms with Crippen molar-refractivity contribution in [3.63, 3.8) is 0 Å². The summed E-state index contributed by atoms with van der Waals surface area (Å²) in [6, 6.07) is 29.3. The van der Waals surface area contributed by atoms with Crippen molar-refractivity contribution in [1.29, 1.82) is 0 Å². The van der Waals surface area contributed by atoms with E-state index in [1.807, 2.05) is 18.2 Å². The van der Waals surface area contributed by atoms with Gasteiger partial charge in [-0.15, -0.1) is 10.2 Å². The summed E-state index contributed by atoms with van der Waals surface area (Å²) in [5.41, 5.74) is 4.74. The predicted octanol–water partition coefficient (Wildman–Crippen LogP) is 5.58. The van der Waals surface area contributed by atoms with Crippen molar-refractivity contribution in [3.8, 4) is 17.1 Å². The highest BCUT2D eigenvalue weighted by atomic mass is 32.2. The highest BCUT2D eigenvalue weighted by molar-refractivity contribution is 7.99. The smallest absolute Gasteiger partial charge is 0.196 e. The van der Waals surface area contributed by atoms with E-state index in [2.05, 4.69) is 88.4 Å². The molecule has 0 saturated heterocycles. The Morgan fingerprint density at radius 2 is 1.44 bits per heavy atom. The van der Waals surface area contributed by atoms with Gasteiger partial charge in [0, 0.05) is 17.0 Å². The van der Waals surface area contributed by atoms with E-state index in [1.165, 1.54) is 11.1 Å². The number of aromatic nitrogens is 3. The Morgan fingerprint density at radius 1 is 0.778 bits per heavy atom. The van der Waals surface area contributed by atoms with Crippen LogP contribution in [0.4, 0.5) is 0 Å². The van der Waals surface area contributed by atoms with Crippen LogP contribution >= 0.6 is 11.8 Å².